The molecule has 0 N–H and O–H groups in total. The quantitative estimate of drug-likeness (QED) is 0.0444. The molecule has 66 heavy (non-hydrogen) atoms. The van der Waals surface area contributed by atoms with Crippen molar-refractivity contribution in [2.45, 2.75) is 51.4 Å². The summed E-state index contributed by atoms with van der Waals surface area (Å²) >= 11 is 0. The van der Waals surface area contributed by atoms with Crippen molar-refractivity contribution in [3.8, 4) is 34.1 Å². The third kappa shape index (κ3) is 10.8. The number of fused-ring (bicyclic) bond motifs is 6. The summed E-state index contributed by atoms with van der Waals surface area (Å²) < 4.78 is 0. The van der Waals surface area contributed by atoms with Gasteiger partial charge in [0.2, 0.25) is 0 Å². The van der Waals surface area contributed by atoms with Crippen LogP contribution < -0.4 is 21.2 Å². The van der Waals surface area contributed by atoms with Crippen molar-refractivity contribution >= 4 is 37.1 Å². The molecule has 0 radical (unpaired) electrons. The molecule has 0 heterocycles. The molecular formula is C62H56Au2P2+2. The van der Waals surface area contributed by atoms with Crippen molar-refractivity contribution in [3.63, 3.8) is 0 Å². The normalized spacial score (nSPS) is 12.7. The molecule has 0 nitrogen and oxygen atoms in total. The van der Waals surface area contributed by atoms with E-state index in [2.05, 4.69) is 222 Å². The summed E-state index contributed by atoms with van der Waals surface area (Å²) in [5.74, 6) is 5.11. The van der Waals surface area contributed by atoms with Gasteiger partial charge >= 0.3 is 44.8 Å². The summed E-state index contributed by atoms with van der Waals surface area (Å²) in [7, 11) is -1.43. The number of benzene rings is 8. The molecule has 0 saturated heterocycles. The van der Waals surface area contributed by atoms with Gasteiger partial charge in [-0.2, -0.15) is 0 Å². The summed E-state index contributed by atoms with van der Waals surface area (Å²) in [5, 5.41) is 6.13. The molecule has 0 fully saturated rings. The molecule has 0 aromatic heterocycles. The van der Waals surface area contributed by atoms with E-state index >= 15 is 0 Å². The first-order chi connectivity index (χ1) is 31.2. The minimum atomic E-state index is -0.714. The zero-order chi connectivity index (χ0) is 44.5. The predicted molar refractivity (Wildman–Crippen MR) is 280 cm³/mol. The van der Waals surface area contributed by atoms with E-state index in [0.29, 0.717) is 0 Å². The van der Waals surface area contributed by atoms with Gasteiger partial charge in [0.25, 0.3) is 0 Å². The molecule has 0 aliphatic heterocycles. The number of rotatable bonds is 9. The molecule has 0 atom stereocenters. The van der Waals surface area contributed by atoms with Gasteiger partial charge in [0.1, 0.15) is 0 Å². The van der Waals surface area contributed by atoms with E-state index in [1.807, 2.05) is 24.3 Å². The van der Waals surface area contributed by atoms with Crippen LogP contribution in [0.5, 0.6) is 0 Å². The van der Waals surface area contributed by atoms with E-state index < -0.39 is 15.8 Å². The summed E-state index contributed by atoms with van der Waals surface area (Å²) in [4.78, 5) is 0. The largest absolute Gasteiger partial charge is 1.00 e. The van der Waals surface area contributed by atoms with E-state index in [-0.39, 0.29) is 55.6 Å². The Hall–Kier alpha value is -4.78. The number of unbranched alkanes of at least 4 members (excludes halogenated alkanes) is 1. The minimum absolute atomic E-state index is 0. The maximum Gasteiger partial charge on any atom is 1.00 e. The second kappa shape index (κ2) is 23.3. The van der Waals surface area contributed by atoms with Crippen LogP contribution in [0.1, 0.15) is 73.9 Å². The van der Waals surface area contributed by atoms with Crippen LogP contribution in [-0.2, 0) is 55.6 Å². The van der Waals surface area contributed by atoms with Crippen LogP contribution in [0.4, 0.5) is 0 Å². The van der Waals surface area contributed by atoms with Crippen LogP contribution in [-0.4, -0.2) is 12.3 Å². The van der Waals surface area contributed by atoms with Gasteiger partial charge in [-0.15, -0.1) is 23.3 Å². The molecule has 0 bridgehead atoms. The SMILES string of the molecule is [Au+].[Au+].[C-]#Cc1cccc2c1-c1ccccc1C2(C)C.[C-]#Cc1cccc2c1-c1ccccc1C2(C)C.c1ccc([PH+](CCCC[PH+](c2ccccc2)c2ccccc2)c2ccccc2)cc1. The topological polar surface area (TPSA) is 0 Å². The van der Waals surface area contributed by atoms with Crippen LogP contribution >= 0.6 is 15.8 Å². The van der Waals surface area contributed by atoms with E-state index in [4.69, 9.17) is 12.8 Å². The Bertz CT molecular complexity index is 2630. The molecule has 0 saturated carbocycles. The van der Waals surface area contributed by atoms with Gasteiger partial charge in [-0.3, -0.25) is 11.8 Å². The predicted octanol–water partition coefficient (Wildman–Crippen LogP) is 13.4. The van der Waals surface area contributed by atoms with Gasteiger partial charge < -0.3 is 12.8 Å². The minimum Gasteiger partial charge on any atom is -0.366 e. The van der Waals surface area contributed by atoms with Crippen LogP contribution in [0.2, 0.25) is 0 Å². The number of hydrogen-bond donors (Lipinski definition) is 0. The van der Waals surface area contributed by atoms with Crippen molar-refractivity contribution < 1.29 is 44.8 Å². The van der Waals surface area contributed by atoms with Crippen LogP contribution in [0.25, 0.3) is 22.3 Å². The van der Waals surface area contributed by atoms with E-state index in [9.17, 15) is 0 Å². The Morgan fingerprint density at radius 1 is 0.348 bits per heavy atom. The average molecular weight is 1260 g/mol. The van der Waals surface area contributed by atoms with Crippen molar-refractivity contribution in [2.75, 3.05) is 12.3 Å². The first-order valence-electron chi connectivity index (χ1n) is 22.5. The van der Waals surface area contributed by atoms with Gasteiger partial charge in [0, 0.05) is 10.8 Å². The van der Waals surface area contributed by atoms with E-state index in [1.54, 1.807) is 0 Å². The van der Waals surface area contributed by atoms with Crippen molar-refractivity contribution in [1.29, 1.82) is 0 Å². The molecule has 0 amide bonds. The molecular weight excluding hydrogens is 1200 g/mol. The summed E-state index contributed by atoms with van der Waals surface area (Å²) in [6.45, 7) is 8.97. The maximum atomic E-state index is 7.43. The maximum absolute atomic E-state index is 7.43. The van der Waals surface area contributed by atoms with Gasteiger partial charge in [-0.25, -0.2) is 0 Å². The number of hydrogen-bond acceptors (Lipinski definition) is 0. The Morgan fingerprint density at radius 2 is 0.621 bits per heavy atom. The molecule has 8 aromatic rings. The van der Waals surface area contributed by atoms with Gasteiger partial charge in [-0.1, -0.05) is 184 Å². The van der Waals surface area contributed by atoms with Gasteiger partial charge in [0.15, 0.2) is 0 Å². The Balaban J connectivity index is 0.000000172. The smallest absolute Gasteiger partial charge is 0.366 e. The monoisotopic (exact) mass is 1260 g/mol. The van der Waals surface area contributed by atoms with Crippen molar-refractivity contribution in [1.82, 2.24) is 0 Å². The molecule has 10 rings (SSSR count). The Labute approximate surface area is 428 Å². The third-order valence-electron chi connectivity index (χ3n) is 13.1. The first-order valence-corrected chi connectivity index (χ1v) is 25.9. The summed E-state index contributed by atoms with van der Waals surface area (Å²) in [6.07, 6.45) is 20.1. The van der Waals surface area contributed by atoms with Crippen LogP contribution in [0.15, 0.2) is 206 Å². The van der Waals surface area contributed by atoms with E-state index in [0.717, 1.165) is 11.1 Å². The molecule has 0 spiro atoms. The Morgan fingerprint density at radius 3 is 0.924 bits per heavy atom. The van der Waals surface area contributed by atoms with Crippen molar-refractivity contribution in [2.24, 2.45) is 0 Å². The van der Waals surface area contributed by atoms with E-state index in [1.165, 1.54) is 90.9 Å². The fraction of sp³-hybridized carbons (Fsp3) is 0.161. The van der Waals surface area contributed by atoms with Crippen molar-refractivity contribution in [3.05, 3.63) is 252 Å². The fourth-order valence-corrected chi connectivity index (χ4v) is 15.2. The van der Waals surface area contributed by atoms with Gasteiger partial charge in [0.05, 0.1) is 49.4 Å². The zero-order valence-corrected chi connectivity index (χ0v) is 44.4. The molecule has 4 heteroatoms. The Kier molecular flexibility index (Phi) is 17.9. The second-order valence-electron chi connectivity index (χ2n) is 17.7. The second-order valence-corrected chi connectivity index (χ2v) is 22.9. The van der Waals surface area contributed by atoms with Gasteiger partial charge in [-0.05, 0) is 94.8 Å². The van der Waals surface area contributed by atoms with Crippen LogP contribution in [0, 0.1) is 24.7 Å². The zero-order valence-electron chi connectivity index (χ0n) is 38.1. The molecule has 8 aromatic carbocycles. The molecule has 2 aliphatic rings. The average Bonchev–Trinajstić information content (AvgIpc) is 3.74. The summed E-state index contributed by atoms with van der Waals surface area (Å²) in [5.41, 5.74) is 12.0. The van der Waals surface area contributed by atoms with Crippen LogP contribution in [0.3, 0.4) is 0 Å². The summed E-state index contributed by atoms with van der Waals surface area (Å²) in [6, 6.07) is 73.8. The standard InChI is InChI=1S/C28H28P2.2C17H13.2Au/c1-5-15-25(16-6-1)29(26-17-7-2-8-18-26)23-13-14-24-30(27-19-9-3-10-20-27)28-21-11-4-12-22-28;2*1-4-12-8-7-11-15-16(12)13-9-5-6-10-14(13)17(15,2)3;;/h1-12,15-22H,13-14,23-24H2;2*5-11H,2-3H3;;/q;2*-1;2*+1/p+2. The third-order valence-corrected chi connectivity index (χ3v) is 18.9. The fourth-order valence-electron chi connectivity index (χ4n) is 9.79. The first kappa shape index (κ1) is 50.6. The molecule has 334 valence electrons. The molecule has 0 unspecified atom stereocenters. The molecule has 2 aliphatic carbocycles.